The number of ether oxygens (including phenoxy) is 3. The Balaban J connectivity index is 1.62. The van der Waals surface area contributed by atoms with Gasteiger partial charge < -0.3 is 23.1 Å². The van der Waals surface area contributed by atoms with Crippen molar-refractivity contribution < 1.29 is 37.4 Å². The molecular weight excluding hydrogens is 552 g/mol. The first kappa shape index (κ1) is 30.5. The highest BCUT2D eigenvalue weighted by Crippen LogP contribution is 2.37. The van der Waals surface area contributed by atoms with Crippen LogP contribution in [0.3, 0.4) is 0 Å². The summed E-state index contributed by atoms with van der Waals surface area (Å²) in [5.41, 5.74) is 1.06. The van der Waals surface area contributed by atoms with Crippen LogP contribution in [0.25, 0.3) is 0 Å². The smallest absolute Gasteiger partial charge is 0.378 e. The number of methoxy groups -OCH3 is 1. The van der Waals surface area contributed by atoms with Crippen molar-refractivity contribution >= 4 is 36.4 Å². The summed E-state index contributed by atoms with van der Waals surface area (Å²) in [7, 11) is -2.03. The van der Waals surface area contributed by atoms with Crippen molar-refractivity contribution in [2.24, 2.45) is 0 Å². The highest BCUT2D eigenvalue weighted by molar-refractivity contribution is 6.99. The maximum Gasteiger partial charge on any atom is 0.378 e. The number of esters is 2. The summed E-state index contributed by atoms with van der Waals surface area (Å²) in [5, 5.41) is 1.51. The van der Waals surface area contributed by atoms with Crippen LogP contribution >= 0.6 is 0 Å². The Morgan fingerprint density at radius 2 is 1.38 bits per heavy atom. The summed E-state index contributed by atoms with van der Waals surface area (Å²) in [4.78, 5) is 38.5. The maximum atomic E-state index is 13.1. The fourth-order valence-corrected chi connectivity index (χ4v) is 9.31. The minimum absolute atomic E-state index is 0.0604. The molecular formula is C33H34O8Si. The van der Waals surface area contributed by atoms with Crippen molar-refractivity contribution in [1.82, 2.24) is 0 Å². The highest BCUT2D eigenvalue weighted by atomic mass is 28.4. The lowest BCUT2D eigenvalue weighted by atomic mass is 10.2. The Kier molecular flexibility index (Phi) is 9.44. The van der Waals surface area contributed by atoms with E-state index in [4.69, 9.17) is 18.3 Å². The zero-order valence-electron chi connectivity index (χ0n) is 24.3. The molecule has 4 aromatic rings. The van der Waals surface area contributed by atoms with E-state index in [0.717, 1.165) is 23.0 Å². The molecule has 0 amide bonds. The highest BCUT2D eigenvalue weighted by Gasteiger charge is 2.51. The van der Waals surface area contributed by atoms with Gasteiger partial charge in [-0.15, -0.1) is 0 Å². The van der Waals surface area contributed by atoms with Crippen molar-refractivity contribution in [1.29, 1.82) is 0 Å². The SMILES string of the molecule is COC(=O)C(=O)[C@@H](CO[Si](c1ccccc1)(c1ccccc1)C(C)(C)C)OC(=O)c1ccc(Oc2ccc(C)cc2)o1. The van der Waals surface area contributed by atoms with Gasteiger partial charge in [-0.3, -0.25) is 4.79 Å². The third kappa shape index (κ3) is 6.70. The van der Waals surface area contributed by atoms with Crippen LogP contribution < -0.4 is 15.1 Å². The molecule has 0 radical (unpaired) electrons. The first-order valence-electron chi connectivity index (χ1n) is 13.5. The summed E-state index contributed by atoms with van der Waals surface area (Å²) < 4.78 is 28.1. The summed E-state index contributed by atoms with van der Waals surface area (Å²) in [6.07, 6.45) is -1.59. The predicted molar refractivity (Wildman–Crippen MR) is 160 cm³/mol. The molecule has 9 heteroatoms. The number of carbonyl (C=O) groups excluding carboxylic acids is 3. The monoisotopic (exact) mass is 586 g/mol. The van der Waals surface area contributed by atoms with E-state index in [-0.39, 0.29) is 18.3 Å². The Labute approximate surface area is 246 Å². The Morgan fingerprint density at radius 1 is 0.810 bits per heavy atom. The molecule has 0 fully saturated rings. The second kappa shape index (κ2) is 13.0. The number of rotatable bonds is 11. The molecule has 0 aliphatic heterocycles. The first-order chi connectivity index (χ1) is 20.0. The molecule has 1 aromatic heterocycles. The average molecular weight is 587 g/mol. The molecule has 3 aromatic carbocycles. The van der Waals surface area contributed by atoms with Gasteiger partial charge in [0.05, 0.1) is 13.7 Å². The Hall–Kier alpha value is -4.47. The molecule has 8 nitrogen and oxygen atoms in total. The van der Waals surface area contributed by atoms with Crippen LogP contribution in [-0.4, -0.2) is 45.9 Å². The maximum absolute atomic E-state index is 13.1. The van der Waals surface area contributed by atoms with Gasteiger partial charge >= 0.3 is 11.9 Å². The minimum atomic E-state index is -3.12. The van der Waals surface area contributed by atoms with Gasteiger partial charge in [-0.2, -0.15) is 0 Å². The number of hydrogen-bond acceptors (Lipinski definition) is 8. The molecule has 0 N–H and O–H groups in total. The van der Waals surface area contributed by atoms with Gasteiger partial charge in [-0.05, 0) is 40.5 Å². The third-order valence-corrected chi connectivity index (χ3v) is 11.8. The van der Waals surface area contributed by atoms with Gasteiger partial charge in [0.1, 0.15) is 5.75 Å². The van der Waals surface area contributed by atoms with Gasteiger partial charge in [0.25, 0.3) is 20.0 Å². The molecule has 4 rings (SSSR count). The number of hydrogen-bond donors (Lipinski definition) is 0. The van der Waals surface area contributed by atoms with E-state index >= 15 is 0 Å². The standard InChI is InChI=1S/C33H34O8Si/c1-23-16-18-24(19-17-23)39-29-21-20-27(40-29)31(35)41-28(30(34)32(36)37-5)22-38-42(33(2,3)4,25-12-8-6-9-13-25)26-14-10-7-11-15-26/h6-21,28H,22H2,1-5H3/t28-/m1/s1. The van der Waals surface area contributed by atoms with Crippen molar-refractivity contribution in [3.8, 4) is 11.7 Å². The van der Waals surface area contributed by atoms with E-state index in [2.05, 4.69) is 25.5 Å². The quantitative estimate of drug-likeness (QED) is 0.134. The van der Waals surface area contributed by atoms with Gasteiger partial charge in [0, 0.05) is 6.07 Å². The number of furan rings is 1. The number of aryl methyl sites for hydroxylation is 1. The molecule has 0 bridgehead atoms. The molecule has 0 saturated heterocycles. The van der Waals surface area contributed by atoms with E-state index in [1.807, 2.05) is 79.7 Å². The van der Waals surface area contributed by atoms with Crippen molar-refractivity contribution in [3.63, 3.8) is 0 Å². The first-order valence-corrected chi connectivity index (χ1v) is 15.4. The Bertz CT molecular complexity index is 1470. The van der Waals surface area contributed by atoms with E-state index < -0.39 is 37.2 Å². The van der Waals surface area contributed by atoms with E-state index in [1.54, 1.807) is 12.1 Å². The number of ketones is 1. The lowest BCUT2D eigenvalue weighted by molar-refractivity contribution is -0.156. The van der Waals surface area contributed by atoms with Crippen LogP contribution in [0.4, 0.5) is 0 Å². The normalized spacial score (nSPS) is 12.3. The summed E-state index contributed by atoms with van der Waals surface area (Å²) >= 11 is 0. The van der Waals surface area contributed by atoms with Gasteiger partial charge in [-0.1, -0.05) is 99.1 Å². The zero-order chi connectivity index (χ0) is 30.3. The van der Waals surface area contributed by atoms with Crippen LogP contribution in [0.1, 0.15) is 36.9 Å². The molecule has 0 aliphatic rings. The average Bonchev–Trinajstić information content (AvgIpc) is 3.46. The summed E-state index contributed by atoms with van der Waals surface area (Å²) in [5.74, 6) is -2.78. The fraction of sp³-hybridized carbons (Fsp3) is 0.242. The zero-order valence-corrected chi connectivity index (χ0v) is 25.3. The molecule has 0 spiro atoms. The van der Waals surface area contributed by atoms with Crippen LogP contribution in [0.5, 0.6) is 11.7 Å². The molecule has 218 valence electrons. The predicted octanol–water partition coefficient (Wildman–Crippen LogP) is 5.22. The van der Waals surface area contributed by atoms with Gasteiger partial charge in [0.2, 0.25) is 5.76 Å². The molecule has 0 saturated carbocycles. The van der Waals surface area contributed by atoms with Crippen LogP contribution in [0, 0.1) is 6.92 Å². The topological polar surface area (TPSA) is 101 Å². The number of Topliss-reactive ketones (excluding diaryl/α,β-unsaturated/α-hetero) is 1. The van der Waals surface area contributed by atoms with Crippen molar-refractivity contribution in [2.45, 2.75) is 38.8 Å². The van der Waals surface area contributed by atoms with E-state index in [1.165, 1.54) is 12.1 Å². The van der Waals surface area contributed by atoms with Crippen LogP contribution in [0.15, 0.2) is 101 Å². The second-order valence-electron chi connectivity index (χ2n) is 10.8. The van der Waals surface area contributed by atoms with E-state index in [0.29, 0.717) is 5.75 Å². The molecule has 1 heterocycles. The van der Waals surface area contributed by atoms with Gasteiger partial charge in [-0.25, -0.2) is 9.59 Å². The van der Waals surface area contributed by atoms with Crippen molar-refractivity contribution in [2.75, 3.05) is 13.7 Å². The number of carbonyl (C=O) groups is 3. The lowest BCUT2D eigenvalue weighted by Crippen LogP contribution is -2.67. The summed E-state index contributed by atoms with van der Waals surface area (Å²) in [6, 6.07) is 29.6. The molecule has 0 unspecified atom stereocenters. The second-order valence-corrected chi connectivity index (χ2v) is 15.1. The third-order valence-electron chi connectivity index (χ3n) is 6.82. The lowest BCUT2D eigenvalue weighted by Gasteiger charge is -2.43. The Morgan fingerprint density at radius 3 is 1.90 bits per heavy atom. The molecule has 1 atom stereocenters. The van der Waals surface area contributed by atoms with E-state index in [9.17, 15) is 14.4 Å². The summed E-state index contributed by atoms with van der Waals surface area (Å²) in [6.45, 7) is 7.79. The molecule has 0 aliphatic carbocycles. The van der Waals surface area contributed by atoms with Crippen molar-refractivity contribution in [3.05, 3.63) is 108 Å². The minimum Gasteiger partial charge on any atom is -0.463 e. The fourth-order valence-electron chi connectivity index (χ4n) is 4.75. The van der Waals surface area contributed by atoms with Gasteiger partial charge in [0.15, 0.2) is 6.10 Å². The molecule has 42 heavy (non-hydrogen) atoms. The number of benzene rings is 3. The van der Waals surface area contributed by atoms with Crippen LogP contribution in [0.2, 0.25) is 5.04 Å². The van der Waals surface area contributed by atoms with Crippen LogP contribution in [-0.2, 0) is 23.5 Å². The largest absolute Gasteiger partial charge is 0.463 e.